The Kier molecular flexibility index (Phi) is 4.95. The molecule has 4 nitrogen and oxygen atoms in total. The highest BCUT2D eigenvalue weighted by Gasteiger charge is 2.45. The van der Waals surface area contributed by atoms with E-state index in [0.717, 1.165) is 0 Å². The highest BCUT2D eigenvalue weighted by Crippen LogP contribution is 2.41. The van der Waals surface area contributed by atoms with Gasteiger partial charge in [-0.25, -0.2) is 8.78 Å². The van der Waals surface area contributed by atoms with E-state index < -0.39 is 18.6 Å². The van der Waals surface area contributed by atoms with Crippen LogP contribution in [0.5, 0.6) is 5.75 Å². The van der Waals surface area contributed by atoms with Gasteiger partial charge in [-0.3, -0.25) is 4.90 Å². The molecule has 7 heteroatoms. The molecule has 1 aliphatic rings. The van der Waals surface area contributed by atoms with Crippen LogP contribution in [-0.4, -0.2) is 53.8 Å². The van der Waals surface area contributed by atoms with E-state index >= 15 is 0 Å². The Labute approximate surface area is 124 Å². The number of nitrogens with one attached hydrogen (secondary N) is 1. The van der Waals surface area contributed by atoms with E-state index in [1.807, 2.05) is 0 Å². The Morgan fingerprint density at radius 1 is 1.35 bits per heavy atom. The number of aromatic hydroxyl groups is 1. The van der Waals surface area contributed by atoms with Crippen LogP contribution in [0.25, 0.3) is 0 Å². The van der Waals surface area contributed by atoms with E-state index in [1.165, 1.54) is 12.1 Å². The second kappa shape index (κ2) is 6.34. The topological polar surface area (TPSA) is 55.7 Å². The van der Waals surface area contributed by atoms with Gasteiger partial charge in [-0.2, -0.15) is 0 Å². The van der Waals surface area contributed by atoms with Crippen LogP contribution < -0.4 is 5.32 Å². The molecule has 0 unspecified atom stereocenters. The van der Waals surface area contributed by atoms with Crippen LogP contribution in [0.3, 0.4) is 0 Å². The molecule has 1 fully saturated rings. The highest BCUT2D eigenvalue weighted by atomic mass is 79.9. The molecule has 0 amide bonds. The molecule has 2 rings (SSSR count). The minimum absolute atomic E-state index is 0.125. The number of halogens is 3. The molecule has 1 aliphatic heterocycles. The van der Waals surface area contributed by atoms with E-state index in [9.17, 15) is 13.9 Å². The lowest BCUT2D eigenvalue weighted by Crippen LogP contribution is -2.51. The summed E-state index contributed by atoms with van der Waals surface area (Å²) in [4.78, 5) is 1.59. The van der Waals surface area contributed by atoms with Gasteiger partial charge in [0.2, 0.25) is 0 Å². The molecule has 0 radical (unpaired) electrons. The van der Waals surface area contributed by atoms with Crippen molar-refractivity contribution in [2.24, 2.45) is 0 Å². The van der Waals surface area contributed by atoms with E-state index in [-0.39, 0.29) is 11.3 Å². The number of phenolic OH excluding ortho intramolecular Hbond substituents is 1. The zero-order valence-corrected chi connectivity index (χ0v) is 12.4. The standard InChI is InChI=1S/C13H17BrF2N2O2/c14-9-1-2-11(20)10(7-9)12(13(15,16)8-19)18-5-3-17-4-6-18/h1-2,7,12,17,19-20H,3-6,8H2/t12-/m1/s1. The molecule has 0 spiro atoms. The normalized spacial score (nSPS) is 19.0. The third-order valence-corrected chi connectivity index (χ3v) is 3.91. The van der Waals surface area contributed by atoms with Crippen molar-refractivity contribution in [3.63, 3.8) is 0 Å². The molecule has 112 valence electrons. The molecule has 0 aliphatic carbocycles. The summed E-state index contributed by atoms with van der Waals surface area (Å²) in [5.74, 6) is -3.51. The van der Waals surface area contributed by atoms with Crippen molar-refractivity contribution in [2.45, 2.75) is 12.0 Å². The summed E-state index contributed by atoms with van der Waals surface area (Å²) in [6.07, 6.45) is 0. The molecule has 1 atom stereocenters. The number of rotatable bonds is 4. The average Bonchev–Trinajstić information content (AvgIpc) is 2.44. The Morgan fingerprint density at radius 3 is 2.60 bits per heavy atom. The zero-order chi connectivity index (χ0) is 14.8. The van der Waals surface area contributed by atoms with Crippen LogP contribution in [0.2, 0.25) is 0 Å². The number of aliphatic hydroxyl groups is 1. The fourth-order valence-corrected chi connectivity index (χ4v) is 2.84. The SMILES string of the molecule is OCC(F)(F)[C@@H](c1cc(Br)ccc1O)N1CCNCC1. The lowest BCUT2D eigenvalue weighted by molar-refractivity contribution is -0.119. The van der Waals surface area contributed by atoms with Crippen molar-refractivity contribution in [1.82, 2.24) is 10.2 Å². The maximum atomic E-state index is 14.2. The summed E-state index contributed by atoms with van der Waals surface area (Å²) < 4.78 is 28.9. The summed E-state index contributed by atoms with van der Waals surface area (Å²) in [5, 5.41) is 22.0. The van der Waals surface area contributed by atoms with Gasteiger partial charge in [0.05, 0.1) is 0 Å². The van der Waals surface area contributed by atoms with E-state index in [4.69, 9.17) is 5.11 Å². The number of hydrogen-bond donors (Lipinski definition) is 3. The molecule has 1 aromatic carbocycles. The fourth-order valence-electron chi connectivity index (χ4n) is 2.46. The van der Waals surface area contributed by atoms with Gasteiger partial charge in [0.1, 0.15) is 18.4 Å². The Bertz CT molecular complexity index is 468. The van der Waals surface area contributed by atoms with Gasteiger partial charge in [0, 0.05) is 36.2 Å². The van der Waals surface area contributed by atoms with Crippen molar-refractivity contribution in [1.29, 1.82) is 0 Å². The largest absolute Gasteiger partial charge is 0.508 e. The van der Waals surface area contributed by atoms with Crippen molar-refractivity contribution >= 4 is 15.9 Å². The minimum atomic E-state index is -3.32. The number of nitrogens with zero attached hydrogens (tertiary/aromatic N) is 1. The van der Waals surface area contributed by atoms with Crippen LogP contribution in [0.15, 0.2) is 22.7 Å². The summed E-state index contributed by atoms with van der Waals surface area (Å²) >= 11 is 3.23. The van der Waals surface area contributed by atoms with Crippen LogP contribution >= 0.6 is 15.9 Å². The first-order valence-electron chi connectivity index (χ1n) is 6.37. The number of benzene rings is 1. The van der Waals surface area contributed by atoms with Crippen LogP contribution in [0, 0.1) is 0 Å². The smallest absolute Gasteiger partial charge is 0.290 e. The van der Waals surface area contributed by atoms with Gasteiger partial charge in [0.15, 0.2) is 0 Å². The Morgan fingerprint density at radius 2 is 2.00 bits per heavy atom. The predicted octanol–water partition coefficient (Wildman–Crippen LogP) is 1.73. The molecule has 1 heterocycles. The van der Waals surface area contributed by atoms with E-state index in [2.05, 4.69) is 21.2 Å². The molecule has 20 heavy (non-hydrogen) atoms. The van der Waals surface area contributed by atoms with Crippen molar-refractivity contribution in [3.05, 3.63) is 28.2 Å². The fraction of sp³-hybridized carbons (Fsp3) is 0.538. The zero-order valence-electron chi connectivity index (χ0n) is 10.8. The molecule has 0 saturated carbocycles. The second-order valence-electron chi connectivity index (χ2n) is 4.81. The first-order chi connectivity index (χ1) is 9.45. The second-order valence-corrected chi connectivity index (χ2v) is 5.73. The van der Waals surface area contributed by atoms with Crippen molar-refractivity contribution < 1.29 is 19.0 Å². The monoisotopic (exact) mass is 350 g/mol. The first kappa shape index (κ1) is 15.6. The number of alkyl halides is 2. The summed E-state index contributed by atoms with van der Waals surface area (Å²) in [6, 6.07) is 3.10. The molecule has 3 N–H and O–H groups in total. The van der Waals surface area contributed by atoms with Crippen LogP contribution in [0.4, 0.5) is 8.78 Å². The quantitative estimate of drug-likeness (QED) is 0.774. The minimum Gasteiger partial charge on any atom is -0.508 e. The third-order valence-electron chi connectivity index (χ3n) is 3.41. The third kappa shape index (κ3) is 3.28. The van der Waals surface area contributed by atoms with Gasteiger partial charge in [-0.15, -0.1) is 0 Å². The summed E-state index contributed by atoms with van der Waals surface area (Å²) in [7, 11) is 0. The number of phenols is 1. The molecule has 1 aromatic rings. The maximum Gasteiger partial charge on any atom is 0.290 e. The predicted molar refractivity (Wildman–Crippen MR) is 75.0 cm³/mol. The van der Waals surface area contributed by atoms with Gasteiger partial charge in [0.25, 0.3) is 5.92 Å². The molecule has 0 aromatic heterocycles. The number of hydrogen-bond acceptors (Lipinski definition) is 4. The van der Waals surface area contributed by atoms with Gasteiger partial charge < -0.3 is 15.5 Å². The highest BCUT2D eigenvalue weighted by molar-refractivity contribution is 9.10. The van der Waals surface area contributed by atoms with E-state index in [1.54, 1.807) is 11.0 Å². The van der Waals surface area contributed by atoms with Crippen molar-refractivity contribution in [2.75, 3.05) is 32.8 Å². The number of piperazine rings is 1. The van der Waals surface area contributed by atoms with Crippen LogP contribution in [-0.2, 0) is 0 Å². The lowest BCUT2D eigenvalue weighted by atomic mass is 9.97. The maximum absolute atomic E-state index is 14.2. The van der Waals surface area contributed by atoms with Crippen molar-refractivity contribution in [3.8, 4) is 5.75 Å². The molecule has 1 saturated heterocycles. The molecular weight excluding hydrogens is 334 g/mol. The van der Waals surface area contributed by atoms with Gasteiger partial charge in [-0.05, 0) is 18.2 Å². The summed E-state index contributed by atoms with van der Waals surface area (Å²) in [5.41, 5.74) is 0.125. The van der Waals surface area contributed by atoms with Gasteiger partial charge >= 0.3 is 0 Å². The molecular formula is C13H17BrF2N2O2. The summed E-state index contributed by atoms with van der Waals surface area (Å²) in [6.45, 7) is 0.825. The average molecular weight is 351 g/mol. The lowest BCUT2D eigenvalue weighted by Gasteiger charge is -2.39. The van der Waals surface area contributed by atoms with E-state index in [0.29, 0.717) is 30.7 Å². The number of aliphatic hydroxyl groups excluding tert-OH is 1. The first-order valence-corrected chi connectivity index (χ1v) is 7.17. The van der Waals surface area contributed by atoms with Gasteiger partial charge in [-0.1, -0.05) is 15.9 Å². The Balaban J connectivity index is 2.42. The Hall–Kier alpha value is -0.760. The molecule has 0 bridgehead atoms. The van der Waals surface area contributed by atoms with Crippen LogP contribution in [0.1, 0.15) is 11.6 Å².